The minimum atomic E-state index is -0.724. The van der Waals surface area contributed by atoms with Gasteiger partial charge in [0, 0.05) is 27.1 Å². The fraction of sp³-hybridized carbons (Fsp3) is 0.462. The average molecular weight is 438 g/mol. The van der Waals surface area contributed by atoms with Gasteiger partial charge in [0.1, 0.15) is 10.6 Å². The summed E-state index contributed by atoms with van der Waals surface area (Å²) in [7, 11) is 1.74. The number of fused-ring (bicyclic) bond motifs is 3. The van der Waals surface area contributed by atoms with Gasteiger partial charge >= 0.3 is 5.97 Å². The van der Waals surface area contributed by atoms with E-state index >= 15 is 0 Å². The maximum absolute atomic E-state index is 11.3. The first-order valence-corrected chi connectivity index (χ1v) is 12.0. The Morgan fingerprint density at radius 3 is 2.77 bits per heavy atom. The van der Waals surface area contributed by atoms with Crippen molar-refractivity contribution in [2.24, 2.45) is 5.92 Å². The van der Waals surface area contributed by atoms with Crippen molar-refractivity contribution in [2.45, 2.75) is 65.7 Å². The molecule has 5 heteroatoms. The lowest BCUT2D eigenvalue weighted by Gasteiger charge is -2.19. The predicted octanol–water partition coefficient (Wildman–Crippen LogP) is 6.51. The van der Waals surface area contributed by atoms with Gasteiger partial charge in [0.05, 0.1) is 13.0 Å². The Balaban J connectivity index is 1.91. The van der Waals surface area contributed by atoms with Crippen LogP contribution in [0.5, 0.6) is 5.75 Å². The van der Waals surface area contributed by atoms with E-state index in [4.69, 9.17) is 9.72 Å². The number of carboxylic acids is 1. The van der Waals surface area contributed by atoms with E-state index < -0.39 is 5.97 Å². The van der Waals surface area contributed by atoms with Crippen LogP contribution in [-0.4, -0.2) is 23.2 Å². The summed E-state index contributed by atoms with van der Waals surface area (Å²) in [6.07, 6.45) is 7.05. The van der Waals surface area contributed by atoms with Crippen LogP contribution in [-0.2, 0) is 24.1 Å². The molecule has 1 aliphatic rings. The fourth-order valence-corrected chi connectivity index (χ4v) is 6.07. The summed E-state index contributed by atoms with van der Waals surface area (Å²) in [6, 6.07) is 6.43. The SMILES string of the molecule is COc1cc(C)ccc1-c1c(CCCC(C)C(=O)O)c(C)nc2sc3c(c12)CCCC3. The molecule has 164 valence electrons. The zero-order valence-corrected chi connectivity index (χ0v) is 19.7. The summed E-state index contributed by atoms with van der Waals surface area (Å²) in [5.41, 5.74) is 7.30. The molecule has 0 bridgehead atoms. The van der Waals surface area contributed by atoms with Crippen LogP contribution >= 0.6 is 11.3 Å². The third-order valence-corrected chi connectivity index (χ3v) is 7.71. The van der Waals surface area contributed by atoms with E-state index in [9.17, 15) is 9.90 Å². The second-order valence-electron chi connectivity index (χ2n) is 8.78. The first kappa shape index (κ1) is 21.8. The van der Waals surface area contributed by atoms with Crippen LogP contribution < -0.4 is 4.74 Å². The minimum absolute atomic E-state index is 0.330. The highest BCUT2D eigenvalue weighted by atomic mass is 32.1. The number of carboxylic acid groups (broad SMARTS) is 1. The van der Waals surface area contributed by atoms with Crippen LogP contribution in [0.2, 0.25) is 0 Å². The molecule has 1 unspecified atom stereocenters. The molecule has 31 heavy (non-hydrogen) atoms. The van der Waals surface area contributed by atoms with Crippen molar-refractivity contribution in [1.29, 1.82) is 0 Å². The van der Waals surface area contributed by atoms with Crippen molar-refractivity contribution >= 4 is 27.5 Å². The normalized spacial score (nSPS) is 14.5. The molecule has 1 aromatic carbocycles. The van der Waals surface area contributed by atoms with Gasteiger partial charge in [-0.2, -0.15) is 0 Å². The van der Waals surface area contributed by atoms with Crippen LogP contribution in [0.15, 0.2) is 18.2 Å². The highest BCUT2D eigenvalue weighted by Gasteiger charge is 2.25. The van der Waals surface area contributed by atoms with Gasteiger partial charge in [0.15, 0.2) is 0 Å². The lowest BCUT2D eigenvalue weighted by molar-refractivity contribution is -0.141. The Labute approximate surface area is 188 Å². The lowest BCUT2D eigenvalue weighted by atomic mass is 9.87. The second kappa shape index (κ2) is 8.99. The molecule has 0 radical (unpaired) electrons. The third-order valence-electron chi connectivity index (χ3n) is 6.52. The smallest absolute Gasteiger partial charge is 0.306 e. The fourth-order valence-electron chi connectivity index (χ4n) is 4.76. The number of benzene rings is 1. The molecule has 4 rings (SSSR count). The molecule has 1 aliphatic carbocycles. The topological polar surface area (TPSA) is 59.4 Å². The number of nitrogens with zero attached hydrogens (tertiary/aromatic N) is 1. The number of hydrogen-bond donors (Lipinski definition) is 1. The summed E-state index contributed by atoms with van der Waals surface area (Å²) in [4.78, 5) is 18.9. The van der Waals surface area contributed by atoms with Crippen molar-refractivity contribution in [1.82, 2.24) is 4.98 Å². The Morgan fingerprint density at radius 1 is 1.26 bits per heavy atom. The first-order valence-electron chi connectivity index (χ1n) is 11.2. The van der Waals surface area contributed by atoms with E-state index in [2.05, 4.69) is 32.0 Å². The van der Waals surface area contributed by atoms with Gasteiger partial charge < -0.3 is 9.84 Å². The van der Waals surface area contributed by atoms with E-state index in [-0.39, 0.29) is 5.92 Å². The molecule has 0 amide bonds. The van der Waals surface area contributed by atoms with E-state index in [1.807, 2.05) is 11.3 Å². The number of thiophene rings is 1. The molecule has 0 spiro atoms. The lowest BCUT2D eigenvalue weighted by Crippen LogP contribution is -2.10. The maximum atomic E-state index is 11.3. The zero-order valence-electron chi connectivity index (χ0n) is 18.9. The quantitative estimate of drug-likeness (QED) is 0.458. The van der Waals surface area contributed by atoms with Crippen LogP contribution in [0, 0.1) is 19.8 Å². The van der Waals surface area contributed by atoms with Crippen LogP contribution in [0.25, 0.3) is 21.3 Å². The van der Waals surface area contributed by atoms with E-state index in [0.29, 0.717) is 6.42 Å². The largest absolute Gasteiger partial charge is 0.496 e. The van der Waals surface area contributed by atoms with E-state index in [1.54, 1.807) is 14.0 Å². The Kier molecular flexibility index (Phi) is 6.33. The highest BCUT2D eigenvalue weighted by Crippen LogP contribution is 2.45. The van der Waals surface area contributed by atoms with Crippen molar-refractivity contribution < 1.29 is 14.6 Å². The van der Waals surface area contributed by atoms with Gasteiger partial charge in [0.25, 0.3) is 0 Å². The van der Waals surface area contributed by atoms with Crippen LogP contribution in [0.3, 0.4) is 0 Å². The minimum Gasteiger partial charge on any atom is -0.496 e. The van der Waals surface area contributed by atoms with Gasteiger partial charge in [-0.05, 0) is 81.5 Å². The molecule has 1 N–H and O–H groups in total. The van der Waals surface area contributed by atoms with Crippen LogP contribution in [0.1, 0.15) is 59.9 Å². The van der Waals surface area contributed by atoms with E-state index in [0.717, 1.165) is 47.5 Å². The highest BCUT2D eigenvalue weighted by molar-refractivity contribution is 7.19. The number of hydrogen-bond acceptors (Lipinski definition) is 4. The van der Waals surface area contributed by atoms with E-state index in [1.165, 1.54) is 45.4 Å². The molecule has 1 atom stereocenters. The van der Waals surface area contributed by atoms with Gasteiger partial charge in [-0.1, -0.05) is 19.1 Å². The van der Waals surface area contributed by atoms with Gasteiger partial charge in [0.2, 0.25) is 0 Å². The van der Waals surface area contributed by atoms with Crippen molar-refractivity contribution in [3.8, 4) is 16.9 Å². The molecule has 2 aromatic heterocycles. The molecule has 0 aliphatic heterocycles. The molecular formula is C26H31NO3S. The molecule has 2 heterocycles. The maximum Gasteiger partial charge on any atom is 0.306 e. The summed E-state index contributed by atoms with van der Waals surface area (Å²) in [6.45, 7) is 5.97. The number of carbonyl (C=O) groups is 1. The van der Waals surface area contributed by atoms with Gasteiger partial charge in [-0.25, -0.2) is 4.98 Å². The van der Waals surface area contributed by atoms with Crippen molar-refractivity contribution in [3.63, 3.8) is 0 Å². The van der Waals surface area contributed by atoms with Crippen molar-refractivity contribution in [2.75, 3.05) is 7.11 Å². The Bertz CT molecular complexity index is 1130. The first-order chi connectivity index (χ1) is 14.9. The average Bonchev–Trinajstić information content (AvgIpc) is 3.11. The Morgan fingerprint density at radius 2 is 2.03 bits per heavy atom. The number of aryl methyl sites for hydroxylation is 4. The molecular weight excluding hydrogens is 406 g/mol. The molecule has 0 saturated carbocycles. The number of aliphatic carboxylic acids is 1. The standard InChI is InChI=1S/C26H31NO3S/c1-15-12-13-19(21(14-15)30-4)23-18(10-7-8-16(2)26(28)29)17(3)27-25-24(23)20-9-5-6-11-22(20)31-25/h12-14,16H,5-11H2,1-4H3,(H,28,29). The molecule has 0 fully saturated rings. The number of methoxy groups -OCH3 is 1. The predicted molar refractivity (Wildman–Crippen MR) is 127 cm³/mol. The number of pyridine rings is 1. The summed E-state index contributed by atoms with van der Waals surface area (Å²) >= 11 is 1.85. The molecule has 0 saturated heterocycles. The summed E-state index contributed by atoms with van der Waals surface area (Å²) in [5.74, 6) is -0.163. The Hall–Kier alpha value is -2.40. The molecule has 3 aromatic rings. The second-order valence-corrected chi connectivity index (χ2v) is 9.86. The number of ether oxygens (including phenoxy) is 1. The summed E-state index contributed by atoms with van der Waals surface area (Å²) in [5, 5.41) is 10.6. The molecule has 4 nitrogen and oxygen atoms in total. The zero-order chi connectivity index (χ0) is 22.1. The van der Waals surface area contributed by atoms with Crippen molar-refractivity contribution in [3.05, 3.63) is 45.5 Å². The number of rotatable bonds is 7. The van der Waals surface area contributed by atoms with Crippen LogP contribution in [0.4, 0.5) is 0 Å². The van der Waals surface area contributed by atoms with Gasteiger partial charge in [-0.3, -0.25) is 4.79 Å². The number of aromatic nitrogens is 1. The van der Waals surface area contributed by atoms with Gasteiger partial charge in [-0.15, -0.1) is 11.3 Å². The third kappa shape index (κ3) is 4.20. The summed E-state index contributed by atoms with van der Waals surface area (Å²) < 4.78 is 5.82. The monoisotopic (exact) mass is 437 g/mol.